The Labute approximate surface area is 137 Å². The predicted molar refractivity (Wildman–Crippen MR) is 84.6 cm³/mol. The van der Waals surface area contributed by atoms with E-state index in [1.807, 2.05) is 0 Å². The number of rotatable bonds is 4. The molecule has 1 aromatic carbocycles. The first-order valence-corrected chi connectivity index (χ1v) is 8.11. The van der Waals surface area contributed by atoms with Crippen molar-refractivity contribution in [2.24, 2.45) is 5.92 Å². The van der Waals surface area contributed by atoms with E-state index in [0.717, 1.165) is 12.8 Å². The number of amides is 1. The van der Waals surface area contributed by atoms with E-state index in [-0.39, 0.29) is 12.3 Å². The zero-order valence-corrected chi connectivity index (χ0v) is 13.9. The SMILES string of the molecule is O=C(O)CCC1CCN(C(=O)c2cccc(Br)c2Cl)CC1. The highest BCUT2D eigenvalue weighted by Gasteiger charge is 2.25. The summed E-state index contributed by atoms with van der Waals surface area (Å²) in [4.78, 5) is 24.9. The molecule has 0 unspecified atom stereocenters. The standard InChI is InChI=1S/C15H17BrClNO3/c16-12-3-1-2-11(14(12)17)15(21)18-8-6-10(7-9-18)4-5-13(19)20/h1-3,10H,4-9H2,(H,19,20). The van der Waals surface area contributed by atoms with E-state index in [1.54, 1.807) is 23.1 Å². The summed E-state index contributed by atoms with van der Waals surface area (Å²) >= 11 is 9.48. The van der Waals surface area contributed by atoms with Crippen LogP contribution in [0.3, 0.4) is 0 Å². The first kappa shape index (κ1) is 16.3. The van der Waals surface area contributed by atoms with Crippen LogP contribution in [0.15, 0.2) is 22.7 Å². The van der Waals surface area contributed by atoms with Gasteiger partial charge in [-0.1, -0.05) is 17.7 Å². The third-order valence-electron chi connectivity index (χ3n) is 3.85. The number of halogens is 2. The average Bonchev–Trinajstić information content (AvgIpc) is 2.48. The van der Waals surface area contributed by atoms with Gasteiger partial charge in [-0.3, -0.25) is 9.59 Å². The zero-order valence-electron chi connectivity index (χ0n) is 11.5. The molecule has 1 aliphatic heterocycles. The lowest BCUT2D eigenvalue weighted by atomic mass is 9.92. The molecule has 0 aliphatic carbocycles. The van der Waals surface area contributed by atoms with Crippen molar-refractivity contribution in [3.63, 3.8) is 0 Å². The molecule has 2 rings (SSSR count). The summed E-state index contributed by atoms with van der Waals surface area (Å²) in [5.41, 5.74) is 0.509. The third-order valence-corrected chi connectivity index (χ3v) is 5.15. The van der Waals surface area contributed by atoms with Crippen LogP contribution in [0.2, 0.25) is 5.02 Å². The molecule has 1 aromatic rings. The van der Waals surface area contributed by atoms with Gasteiger partial charge in [0, 0.05) is 24.0 Å². The van der Waals surface area contributed by atoms with Gasteiger partial charge in [-0.05, 0) is 53.2 Å². The molecule has 1 fully saturated rings. The number of carbonyl (C=O) groups is 2. The second-order valence-electron chi connectivity index (χ2n) is 5.27. The van der Waals surface area contributed by atoms with Gasteiger partial charge < -0.3 is 10.0 Å². The maximum Gasteiger partial charge on any atom is 0.303 e. The number of nitrogens with zero attached hydrogens (tertiary/aromatic N) is 1. The number of likely N-dealkylation sites (tertiary alicyclic amines) is 1. The van der Waals surface area contributed by atoms with E-state index in [1.165, 1.54) is 0 Å². The topological polar surface area (TPSA) is 57.6 Å². The summed E-state index contributed by atoms with van der Waals surface area (Å²) in [6.07, 6.45) is 2.60. The van der Waals surface area contributed by atoms with Gasteiger partial charge in [0.2, 0.25) is 0 Å². The lowest BCUT2D eigenvalue weighted by Crippen LogP contribution is -2.38. The fraction of sp³-hybridized carbons (Fsp3) is 0.467. The fourth-order valence-corrected chi connectivity index (χ4v) is 3.16. The summed E-state index contributed by atoms with van der Waals surface area (Å²) in [7, 11) is 0. The van der Waals surface area contributed by atoms with Crippen LogP contribution in [-0.2, 0) is 4.79 Å². The summed E-state index contributed by atoms with van der Waals surface area (Å²) in [6.45, 7) is 1.32. The van der Waals surface area contributed by atoms with Crippen molar-refractivity contribution in [2.45, 2.75) is 25.7 Å². The first-order valence-electron chi connectivity index (χ1n) is 6.94. The van der Waals surface area contributed by atoms with E-state index in [0.29, 0.717) is 40.5 Å². The molecule has 1 amide bonds. The lowest BCUT2D eigenvalue weighted by Gasteiger charge is -2.32. The van der Waals surface area contributed by atoms with E-state index in [4.69, 9.17) is 16.7 Å². The van der Waals surface area contributed by atoms with E-state index in [2.05, 4.69) is 15.9 Å². The maximum absolute atomic E-state index is 12.5. The van der Waals surface area contributed by atoms with Gasteiger partial charge in [0.25, 0.3) is 5.91 Å². The quantitative estimate of drug-likeness (QED) is 0.871. The molecule has 1 heterocycles. The molecular formula is C15H17BrClNO3. The van der Waals surface area contributed by atoms with E-state index < -0.39 is 5.97 Å². The average molecular weight is 375 g/mol. The number of piperidine rings is 1. The van der Waals surface area contributed by atoms with Crippen molar-refractivity contribution in [3.05, 3.63) is 33.3 Å². The van der Waals surface area contributed by atoms with Crippen LogP contribution in [0.1, 0.15) is 36.0 Å². The fourth-order valence-electron chi connectivity index (χ4n) is 2.59. The number of aliphatic carboxylic acids is 1. The monoisotopic (exact) mass is 373 g/mol. The van der Waals surface area contributed by atoms with Gasteiger partial charge >= 0.3 is 5.97 Å². The van der Waals surface area contributed by atoms with Crippen LogP contribution in [0.4, 0.5) is 0 Å². The molecule has 4 nitrogen and oxygen atoms in total. The number of carboxylic acid groups (broad SMARTS) is 1. The largest absolute Gasteiger partial charge is 0.481 e. The van der Waals surface area contributed by atoms with Crippen molar-refractivity contribution < 1.29 is 14.7 Å². The highest BCUT2D eigenvalue weighted by molar-refractivity contribution is 9.10. The molecule has 1 N–H and O–H groups in total. The van der Waals surface area contributed by atoms with Crippen molar-refractivity contribution in [2.75, 3.05) is 13.1 Å². The molecule has 0 atom stereocenters. The molecule has 114 valence electrons. The van der Waals surface area contributed by atoms with Crippen LogP contribution in [-0.4, -0.2) is 35.0 Å². The van der Waals surface area contributed by atoms with Crippen LogP contribution >= 0.6 is 27.5 Å². The highest BCUT2D eigenvalue weighted by atomic mass is 79.9. The Kier molecular flexibility index (Phi) is 5.65. The second kappa shape index (κ2) is 7.27. The minimum Gasteiger partial charge on any atom is -0.481 e. The Balaban J connectivity index is 1.94. The maximum atomic E-state index is 12.5. The normalized spacial score (nSPS) is 16.0. The Bertz CT molecular complexity index is 542. The summed E-state index contributed by atoms with van der Waals surface area (Å²) in [6, 6.07) is 5.33. The van der Waals surface area contributed by atoms with Crippen LogP contribution < -0.4 is 0 Å². The molecule has 0 radical (unpaired) electrons. The Morgan fingerprint density at radius 3 is 2.62 bits per heavy atom. The number of benzene rings is 1. The van der Waals surface area contributed by atoms with Crippen LogP contribution in [0.5, 0.6) is 0 Å². The third kappa shape index (κ3) is 4.20. The first-order chi connectivity index (χ1) is 9.99. The number of hydrogen-bond donors (Lipinski definition) is 1. The second-order valence-corrected chi connectivity index (χ2v) is 6.50. The molecule has 21 heavy (non-hydrogen) atoms. The van der Waals surface area contributed by atoms with Crippen molar-refractivity contribution in [1.29, 1.82) is 0 Å². The number of carboxylic acids is 1. The Morgan fingerprint density at radius 1 is 1.33 bits per heavy atom. The highest BCUT2D eigenvalue weighted by Crippen LogP contribution is 2.29. The molecule has 0 bridgehead atoms. The molecule has 1 saturated heterocycles. The van der Waals surface area contributed by atoms with Gasteiger partial charge in [0.15, 0.2) is 0 Å². The molecule has 0 spiro atoms. The van der Waals surface area contributed by atoms with Crippen molar-refractivity contribution in [3.8, 4) is 0 Å². The summed E-state index contributed by atoms with van der Waals surface area (Å²) in [5.74, 6) is -0.421. The smallest absolute Gasteiger partial charge is 0.303 e. The molecular weight excluding hydrogens is 358 g/mol. The van der Waals surface area contributed by atoms with E-state index >= 15 is 0 Å². The minimum atomic E-state index is -0.755. The lowest BCUT2D eigenvalue weighted by molar-refractivity contribution is -0.137. The van der Waals surface area contributed by atoms with Gasteiger partial charge in [0.05, 0.1) is 10.6 Å². The Hall–Kier alpha value is -1.07. The molecule has 6 heteroatoms. The molecule has 0 aromatic heterocycles. The van der Waals surface area contributed by atoms with Crippen molar-refractivity contribution >= 4 is 39.4 Å². The molecule has 1 aliphatic rings. The van der Waals surface area contributed by atoms with Crippen molar-refractivity contribution in [1.82, 2.24) is 4.90 Å². The van der Waals surface area contributed by atoms with Gasteiger partial charge in [-0.25, -0.2) is 0 Å². The van der Waals surface area contributed by atoms with Gasteiger partial charge in [-0.15, -0.1) is 0 Å². The predicted octanol–water partition coefficient (Wildman–Crippen LogP) is 3.82. The van der Waals surface area contributed by atoms with Gasteiger partial charge in [-0.2, -0.15) is 0 Å². The van der Waals surface area contributed by atoms with E-state index in [9.17, 15) is 9.59 Å². The molecule has 0 saturated carbocycles. The number of hydrogen-bond acceptors (Lipinski definition) is 2. The van der Waals surface area contributed by atoms with Crippen LogP contribution in [0, 0.1) is 5.92 Å². The number of carbonyl (C=O) groups excluding carboxylic acids is 1. The summed E-state index contributed by atoms with van der Waals surface area (Å²) < 4.78 is 0.714. The Morgan fingerprint density at radius 2 is 2.00 bits per heavy atom. The van der Waals surface area contributed by atoms with Gasteiger partial charge in [0.1, 0.15) is 0 Å². The van der Waals surface area contributed by atoms with Crippen LogP contribution in [0.25, 0.3) is 0 Å². The minimum absolute atomic E-state index is 0.0574. The summed E-state index contributed by atoms with van der Waals surface area (Å²) in [5, 5.41) is 9.15. The zero-order chi connectivity index (χ0) is 15.4.